The Morgan fingerprint density at radius 3 is 2.78 bits per heavy atom. The van der Waals surface area contributed by atoms with Gasteiger partial charge in [0, 0.05) is 19.5 Å². The van der Waals surface area contributed by atoms with Crippen molar-refractivity contribution in [1.29, 1.82) is 0 Å². The quantitative estimate of drug-likeness (QED) is 0.889. The van der Waals surface area contributed by atoms with Crippen LogP contribution >= 0.6 is 0 Å². The van der Waals surface area contributed by atoms with E-state index in [1.54, 1.807) is 25.2 Å². The highest BCUT2D eigenvalue weighted by molar-refractivity contribution is 5.93. The SMILES string of the molecule is CC(Nc1cnnc2ccccc12)C(=O)N(C)C. The van der Waals surface area contributed by atoms with Crippen LogP contribution in [0.15, 0.2) is 30.5 Å². The van der Waals surface area contributed by atoms with Gasteiger partial charge in [0.25, 0.3) is 0 Å². The van der Waals surface area contributed by atoms with Crippen LogP contribution in [0.4, 0.5) is 5.69 Å². The van der Waals surface area contributed by atoms with Gasteiger partial charge in [-0.15, -0.1) is 0 Å². The fourth-order valence-electron chi connectivity index (χ4n) is 1.80. The van der Waals surface area contributed by atoms with Crippen molar-refractivity contribution in [3.05, 3.63) is 30.5 Å². The zero-order valence-electron chi connectivity index (χ0n) is 10.7. The van der Waals surface area contributed by atoms with Crippen molar-refractivity contribution in [1.82, 2.24) is 15.1 Å². The zero-order valence-corrected chi connectivity index (χ0v) is 10.7. The maximum atomic E-state index is 11.8. The molecule has 0 aliphatic rings. The molecule has 5 nitrogen and oxygen atoms in total. The highest BCUT2D eigenvalue weighted by Gasteiger charge is 2.15. The van der Waals surface area contributed by atoms with E-state index in [4.69, 9.17) is 0 Å². The van der Waals surface area contributed by atoms with Gasteiger partial charge in [-0.2, -0.15) is 10.2 Å². The van der Waals surface area contributed by atoms with Crippen LogP contribution in [0.3, 0.4) is 0 Å². The molecule has 0 saturated carbocycles. The van der Waals surface area contributed by atoms with Gasteiger partial charge in [0.05, 0.1) is 17.4 Å². The summed E-state index contributed by atoms with van der Waals surface area (Å²) in [5, 5.41) is 12.1. The van der Waals surface area contributed by atoms with Gasteiger partial charge in [0.15, 0.2) is 0 Å². The molecule has 5 heteroatoms. The van der Waals surface area contributed by atoms with E-state index in [9.17, 15) is 4.79 Å². The number of carbonyl (C=O) groups is 1. The third-order valence-corrected chi connectivity index (χ3v) is 2.73. The summed E-state index contributed by atoms with van der Waals surface area (Å²) >= 11 is 0. The van der Waals surface area contributed by atoms with Crippen molar-refractivity contribution in [3.63, 3.8) is 0 Å². The molecule has 0 saturated heterocycles. The van der Waals surface area contributed by atoms with Crippen molar-refractivity contribution >= 4 is 22.5 Å². The van der Waals surface area contributed by atoms with Gasteiger partial charge in [-0.05, 0) is 13.0 Å². The second kappa shape index (κ2) is 5.00. The molecule has 2 aromatic rings. The second-order valence-electron chi connectivity index (χ2n) is 4.37. The van der Waals surface area contributed by atoms with Crippen molar-refractivity contribution < 1.29 is 4.79 Å². The average Bonchev–Trinajstić information content (AvgIpc) is 2.38. The molecule has 1 N–H and O–H groups in total. The number of nitrogens with zero attached hydrogens (tertiary/aromatic N) is 3. The molecule has 1 atom stereocenters. The number of carbonyl (C=O) groups excluding carboxylic acids is 1. The molecule has 0 bridgehead atoms. The minimum Gasteiger partial charge on any atom is -0.372 e. The van der Waals surface area contributed by atoms with Crippen molar-refractivity contribution in [3.8, 4) is 0 Å². The molecule has 94 valence electrons. The first kappa shape index (κ1) is 12.3. The van der Waals surface area contributed by atoms with E-state index in [1.807, 2.05) is 31.2 Å². The van der Waals surface area contributed by atoms with Gasteiger partial charge < -0.3 is 10.2 Å². The van der Waals surface area contributed by atoms with E-state index in [0.717, 1.165) is 16.6 Å². The molecular weight excluding hydrogens is 228 g/mol. The normalized spacial score (nSPS) is 12.2. The summed E-state index contributed by atoms with van der Waals surface area (Å²) in [6, 6.07) is 7.40. The number of rotatable bonds is 3. The number of fused-ring (bicyclic) bond motifs is 1. The fraction of sp³-hybridized carbons (Fsp3) is 0.308. The Morgan fingerprint density at radius 2 is 2.06 bits per heavy atom. The van der Waals surface area contributed by atoms with Gasteiger partial charge in [0.2, 0.25) is 5.91 Å². The van der Waals surface area contributed by atoms with Crippen LogP contribution in [-0.4, -0.2) is 41.1 Å². The molecule has 0 aliphatic carbocycles. The summed E-state index contributed by atoms with van der Waals surface area (Å²) in [5.41, 5.74) is 1.63. The largest absolute Gasteiger partial charge is 0.372 e. The summed E-state index contributed by atoms with van der Waals surface area (Å²) in [5.74, 6) is 0.0240. The second-order valence-corrected chi connectivity index (χ2v) is 4.37. The summed E-state index contributed by atoms with van der Waals surface area (Å²) in [7, 11) is 3.48. The van der Waals surface area contributed by atoms with Crippen LogP contribution < -0.4 is 5.32 Å². The van der Waals surface area contributed by atoms with Crippen LogP contribution in [0, 0.1) is 0 Å². The van der Waals surface area contributed by atoms with Crippen molar-refractivity contribution in [2.75, 3.05) is 19.4 Å². The molecule has 0 fully saturated rings. The van der Waals surface area contributed by atoms with Gasteiger partial charge >= 0.3 is 0 Å². The minimum absolute atomic E-state index is 0.0240. The van der Waals surface area contributed by atoms with Crippen LogP contribution in [0.1, 0.15) is 6.92 Å². The third-order valence-electron chi connectivity index (χ3n) is 2.73. The van der Waals surface area contributed by atoms with Crippen LogP contribution in [0.25, 0.3) is 10.9 Å². The smallest absolute Gasteiger partial charge is 0.244 e. The number of anilines is 1. The Morgan fingerprint density at radius 1 is 1.33 bits per heavy atom. The van der Waals surface area contributed by atoms with E-state index in [2.05, 4.69) is 15.5 Å². The molecule has 0 radical (unpaired) electrons. The first-order chi connectivity index (χ1) is 8.59. The number of amides is 1. The van der Waals surface area contributed by atoms with Gasteiger partial charge in [0.1, 0.15) is 6.04 Å². The molecule has 18 heavy (non-hydrogen) atoms. The maximum absolute atomic E-state index is 11.8. The molecule has 2 rings (SSSR count). The topological polar surface area (TPSA) is 58.1 Å². The predicted octanol–water partition coefficient (Wildman–Crippen LogP) is 1.52. The van der Waals surface area contributed by atoms with Gasteiger partial charge in [-0.3, -0.25) is 4.79 Å². The number of aromatic nitrogens is 2. The summed E-state index contributed by atoms with van der Waals surface area (Å²) in [6.07, 6.45) is 1.64. The van der Waals surface area contributed by atoms with Crippen molar-refractivity contribution in [2.45, 2.75) is 13.0 Å². The van der Waals surface area contributed by atoms with E-state index in [1.165, 1.54) is 0 Å². The maximum Gasteiger partial charge on any atom is 0.244 e. The van der Waals surface area contributed by atoms with E-state index < -0.39 is 0 Å². The van der Waals surface area contributed by atoms with Gasteiger partial charge in [-0.25, -0.2) is 0 Å². The zero-order chi connectivity index (χ0) is 13.1. The van der Waals surface area contributed by atoms with Gasteiger partial charge in [-0.1, -0.05) is 18.2 Å². The molecule has 1 amide bonds. The standard InChI is InChI=1S/C13H16N4O/c1-9(13(18)17(2)3)15-12-8-14-16-11-7-5-4-6-10(11)12/h4-9H,1-3H3,(H,15,16). The number of nitrogens with one attached hydrogen (secondary N) is 1. The molecule has 1 aromatic carbocycles. The third kappa shape index (κ3) is 2.40. The average molecular weight is 244 g/mol. The number of hydrogen-bond donors (Lipinski definition) is 1. The monoisotopic (exact) mass is 244 g/mol. The summed E-state index contributed by atoms with van der Waals surface area (Å²) in [4.78, 5) is 13.4. The predicted molar refractivity (Wildman–Crippen MR) is 71.3 cm³/mol. The fourth-order valence-corrected chi connectivity index (χ4v) is 1.80. The van der Waals surface area contributed by atoms with E-state index in [-0.39, 0.29) is 11.9 Å². The lowest BCUT2D eigenvalue weighted by atomic mass is 10.2. The highest BCUT2D eigenvalue weighted by atomic mass is 16.2. The lowest BCUT2D eigenvalue weighted by molar-refractivity contribution is -0.129. The number of benzene rings is 1. The lowest BCUT2D eigenvalue weighted by Crippen LogP contribution is -2.36. The van der Waals surface area contributed by atoms with Crippen LogP contribution in [-0.2, 0) is 4.79 Å². The highest BCUT2D eigenvalue weighted by Crippen LogP contribution is 2.20. The minimum atomic E-state index is -0.299. The van der Waals surface area contributed by atoms with E-state index >= 15 is 0 Å². The van der Waals surface area contributed by atoms with E-state index in [0.29, 0.717) is 0 Å². The Kier molecular flexibility index (Phi) is 3.41. The number of likely N-dealkylation sites (N-methyl/N-ethyl adjacent to an activating group) is 1. The molecule has 1 heterocycles. The molecular formula is C13H16N4O. The Hall–Kier alpha value is -2.17. The Bertz CT molecular complexity index is 562. The molecule has 1 unspecified atom stereocenters. The summed E-state index contributed by atoms with van der Waals surface area (Å²) < 4.78 is 0. The Balaban J connectivity index is 2.29. The molecule has 0 aliphatic heterocycles. The lowest BCUT2D eigenvalue weighted by Gasteiger charge is -2.19. The first-order valence-electron chi connectivity index (χ1n) is 5.77. The van der Waals surface area contributed by atoms with Crippen LogP contribution in [0.5, 0.6) is 0 Å². The number of hydrogen-bond acceptors (Lipinski definition) is 4. The molecule has 0 spiro atoms. The Labute approximate surface area is 106 Å². The summed E-state index contributed by atoms with van der Waals surface area (Å²) in [6.45, 7) is 1.83. The van der Waals surface area contributed by atoms with Crippen LogP contribution in [0.2, 0.25) is 0 Å². The van der Waals surface area contributed by atoms with Crippen molar-refractivity contribution in [2.24, 2.45) is 0 Å². The first-order valence-corrected chi connectivity index (χ1v) is 5.77. The molecule has 1 aromatic heterocycles.